The third kappa shape index (κ3) is 7.06. The minimum Gasteiger partial charge on any atom is -0.489 e. The molecule has 0 atom stereocenters. The minimum absolute atomic E-state index is 0.0107. The van der Waals surface area contributed by atoms with Gasteiger partial charge < -0.3 is 10.1 Å². The molecule has 0 radical (unpaired) electrons. The number of nitro groups is 1. The molecule has 1 amide bonds. The van der Waals surface area contributed by atoms with E-state index in [0.717, 1.165) is 11.3 Å². The second-order valence-electron chi connectivity index (χ2n) is 6.42. The van der Waals surface area contributed by atoms with E-state index in [9.17, 15) is 14.9 Å². The molecule has 3 rings (SSSR count). The second kappa shape index (κ2) is 10.7. The molecule has 0 unspecified atom stereocenters. The van der Waals surface area contributed by atoms with Crippen LogP contribution < -0.4 is 15.4 Å². The van der Waals surface area contributed by atoms with Gasteiger partial charge in [-0.2, -0.15) is 0 Å². The summed E-state index contributed by atoms with van der Waals surface area (Å²) >= 11 is 5.15. The lowest BCUT2D eigenvalue weighted by molar-refractivity contribution is -0.384. The molecule has 7 nitrogen and oxygen atoms in total. The van der Waals surface area contributed by atoms with Gasteiger partial charge in [0.15, 0.2) is 5.11 Å². The average Bonchev–Trinajstić information content (AvgIpc) is 2.78. The van der Waals surface area contributed by atoms with Crippen LogP contribution in [-0.2, 0) is 11.4 Å². The molecule has 0 saturated heterocycles. The molecule has 8 heteroatoms. The first-order valence-electron chi connectivity index (χ1n) is 9.31. The van der Waals surface area contributed by atoms with Crippen molar-refractivity contribution in [3.8, 4) is 5.75 Å². The molecule has 31 heavy (non-hydrogen) atoms. The number of non-ortho nitro benzene ring substituents is 1. The Labute approximate surface area is 184 Å². The van der Waals surface area contributed by atoms with Gasteiger partial charge in [0.25, 0.3) is 5.69 Å². The normalized spacial score (nSPS) is 10.5. The lowest BCUT2D eigenvalue weighted by Gasteiger charge is -2.10. The quantitative estimate of drug-likeness (QED) is 0.243. The Morgan fingerprint density at radius 2 is 1.68 bits per heavy atom. The van der Waals surface area contributed by atoms with Crippen molar-refractivity contribution in [2.24, 2.45) is 0 Å². The lowest BCUT2D eigenvalue weighted by atomic mass is 10.2. The molecule has 0 fully saturated rings. The summed E-state index contributed by atoms with van der Waals surface area (Å²) < 4.78 is 5.73. The Balaban J connectivity index is 1.46. The van der Waals surface area contributed by atoms with Crippen LogP contribution in [0.4, 0.5) is 11.4 Å². The van der Waals surface area contributed by atoms with Crippen LogP contribution in [0.15, 0.2) is 84.9 Å². The Morgan fingerprint density at radius 1 is 1.00 bits per heavy atom. The molecule has 0 heterocycles. The summed E-state index contributed by atoms with van der Waals surface area (Å²) in [6, 6.07) is 22.9. The molecule has 0 bridgehead atoms. The third-order valence-corrected chi connectivity index (χ3v) is 4.33. The van der Waals surface area contributed by atoms with Crippen molar-refractivity contribution in [2.45, 2.75) is 6.61 Å². The molecule has 0 aliphatic heterocycles. The number of carbonyl (C=O) groups excluding carboxylic acids is 1. The highest BCUT2D eigenvalue weighted by molar-refractivity contribution is 7.80. The number of benzene rings is 3. The number of carbonyl (C=O) groups is 1. The van der Waals surface area contributed by atoms with Crippen molar-refractivity contribution in [1.29, 1.82) is 0 Å². The van der Waals surface area contributed by atoms with Crippen LogP contribution in [-0.4, -0.2) is 15.9 Å². The Kier molecular flexibility index (Phi) is 7.45. The Hall–Kier alpha value is -4.04. The fourth-order valence-corrected chi connectivity index (χ4v) is 2.79. The molecule has 0 aliphatic carbocycles. The van der Waals surface area contributed by atoms with Crippen molar-refractivity contribution >= 4 is 40.7 Å². The number of rotatable bonds is 7. The van der Waals surface area contributed by atoms with Crippen molar-refractivity contribution in [1.82, 2.24) is 5.32 Å². The lowest BCUT2D eigenvalue weighted by Crippen LogP contribution is -2.32. The second-order valence-corrected chi connectivity index (χ2v) is 6.83. The molecule has 0 saturated carbocycles. The standard InChI is InChI=1S/C23H19N3O4S/c27-22(15-8-17-6-11-20(12-7-17)26(28)29)25-23(31)24-19-9-13-21(14-10-19)30-16-18-4-2-1-3-5-18/h1-15H,16H2,(H2,24,25,27,31)/b15-8+. The number of nitrogens with zero attached hydrogens (tertiary/aromatic N) is 1. The zero-order valence-corrected chi connectivity index (χ0v) is 17.2. The van der Waals surface area contributed by atoms with E-state index < -0.39 is 10.8 Å². The molecule has 3 aromatic carbocycles. The SMILES string of the molecule is O=C(/C=C/c1ccc([N+](=O)[O-])cc1)NC(=S)Nc1ccc(OCc2ccccc2)cc1. The molecule has 156 valence electrons. The molecule has 0 aliphatic rings. The maximum absolute atomic E-state index is 12.0. The van der Waals surface area contributed by atoms with Crippen molar-refractivity contribution in [2.75, 3.05) is 5.32 Å². The van der Waals surface area contributed by atoms with Crippen LogP contribution in [0, 0.1) is 10.1 Å². The summed E-state index contributed by atoms with van der Waals surface area (Å²) in [4.78, 5) is 22.2. The van der Waals surface area contributed by atoms with E-state index in [1.54, 1.807) is 30.3 Å². The first-order valence-corrected chi connectivity index (χ1v) is 9.72. The molecule has 0 aromatic heterocycles. The monoisotopic (exact) mass is 433 g/mol. The summed E-state index contributed by atoms with van der Waals surface area (Å²) in [5, 5.41) is 16.3. The summed E-state index contributed by atoms with van der Waals surface area (Å²) in [7, 11) is 0. The third-order valence-electron chi connectivity index (χ3n) is 4.13. The smallest absolute Gasteiger partial charge is 0.269 e. The molecule has 0 spiro atoms. The van der Waals surface area contributed by atoms with Gasteiger partial charge in [-0.1, -0.05) is 30.3 Å². The zero-order chi connectivity index (χ0) is 22.1. The predicted molar refractivity (Wildman–Crippen MR) is 124 cm³/mol. The fraction of sp³-hybridized carbons (Fsp3) is 0.0435. The number of hydrogen-bond acceptors (Lipinski definition) is 5. The van der Waals surface area contributed by atoms with Gasteiger partial charge in [0.1, 0.15) is 12.4 Å². The molecular formula is C23H19N3O4S. The zero-order valence-electron chi connectivity index (χ0n) is 16.4. The minimum atomic E-state index is -0.480. The topological polar surface area (TPSA) is 93.5 Å². The summed E-state index contributed by atoms with van der Waals surface area (Å²) in [6.07, 6.45) is 2.84. The number of hydrogen-bond donors (Lipinski definition) is 2. The van der Waals surface area contributed by atoms with Crippen LogP contribution in [0.25, 0.3) is 6.08 Å². The first kappa shape index (κ1) is 21.7. The highest BCUT2D eigenvalue weighted by atomic mass is 32.1. The van der Waals surface area contributed by atoms with Gasteiger partial charge in [-0.25, -0.2) is 0 Å². The number of nitro benzene ring substituents is 1. The Bertz CT molecular complexity index is 1080. The van der Waals surface area contributed by atoms with E-state index in [2.05, 4.69) is 10.6 Å². The predicted octanol–water partition coefficient (Wildman–Crippen LogP) is 4.70. The summed E-state index contributed by atoms with van der Waals surface area (Å²) in [5.74, 6) is 0.300. The van der Waals surface area contributed by atoms with Crippen molar-refractivity contribution in [3.05, 3.63) is 106 Å². The van der Waals surface area contributed by atoms with Crippen LogP contribution in [0.2, 0.25) is 0 Å². The highest BCUT2D eigenvalue weighted by Crippen LogP contribution is 2.17. The number of amides is 1. The maximum atomic E-state index is 12.0. The maximum Gasteiger partial charge on any atom is 0.269 e. The van der Waals surface area contributed by atoms with E-state index in [0.29, 0.717) is 17.9 Å². The molecule has 2 N–H and O–H groups in total. The van der Waals surface area contributed by atoms with Gasteiger partial charge >= 0.3 is 0 Å². The highest BCUT2D eigenvalue weighted by Gasteiger charge is 2.04. The largest absolute Gasteiger partial charge is 0.489 e. The van der Waals surface area contributed by atoms with Crippen LogP contribution in [0.3, 0.4) is 0 Å². The van der Waals surface area contributed by atoms with Gasteiger partial charge in [-0.3, -0.25) is 20.2 Å². The first-order chi connectivity index (χ1) is 15.0. The van der Waals surface area contributed by atoms with E-state index in [-0.39, 0.29) is 10.8 Å². The van der Waals surface area contributed by atoms with Gasteiger partial charge in [-0.05, 0) is 65.8 Å². The van der Waals surface area contributed by atoms with Gasteiger partial charge in [0.2, 0.25) is 5.91 Å². The van der Waals surface area contributed by atoms with Gasteiger partial charge in [-0.15, -0.1) is 0 Å². The van der Waals surface area contributed by atoms with Crippen LogP contribution in [0.5, 0.6) is 5.75 Å². The molecular weight excluding hydrogens is 414 g/mol. The average molecular weight is 433 g/mol. The van der Waals surface area contributed by atoms with E-state index in [1.165, 1.54) is 18.2 Å². The van der Waals surface area contributed by atoms with Crippen molar-refractivity contribution < 1.29 is 14.5 Å². The summed E-state index contributed by atoms with van der Waals surface area (Å²) in [5.41, 5.74) is 2.43. The number of ether oxygens (including phenoxy) is 1. The summed E-state index contributed by atoms with van der Waals surface area (Å²) in [6.45, 7) is 0.475. The van der Waals surface area contributed by atoms with Crippen LogP contribution >= 0.6 is 12.2 Å². The molecule has 3 aromatic rings. The van der Waals surface area contributed by atoms with E-state index >= 15 is 0 Å². The number of thiocarbonyl (C=S) groups is 1. The number of nitrogens with one attached hydrogen (secondary N) is 2. The van der Waals surface area contributed by atoms with Gasteiger partial charge in [0, 0.05) is 23.9 Å². The van der Waals surface area contributed by atoms with E-state index in [1.807, 2.05) is 42.5 Å². The van der Waals surface area contributed by atoms with Crippen molar-refractivity contribution in [3.63, 3.8) is 0 Å². The Morgan fingerprint density at radius 3 is 2.32 bits per heavy atom. The van der Waals surface area contributed by atoms with Crippen LogP contribution in [0.1, 0.15) is 11.1 Å². The fourth-order valence-electron chi connectivity index (χ4n) is 2.57. The van der Waals surface area contributed by atoms with E-state index in [4.69, 9.17) is 17.0 Å². The van der Waals surface area contributed by atoms with Gasteiger partial charge in [0.05, 0.1) is 4.92 Å². The number of anilines is 1.